The average molecular weight is 362 g/mol. The van der Waals surface area contributed by atoms with Crippen molar-refractivity contribution in [1.29, 1.82) is 0 Å². The molecule has 0 atom stereocenters. The van der Waals surface area contributed by atoms with Crippen LogP contribution in [0.2, 0.25) is 5.02 Å². The van der Waals surface area contributed by atoms with Crippen molar-refractivity contribution in [2.75, 3.05) is 18.4 Å². The molecule has 25 heavy (non-hydrogen) atoms. The Kier molecular flexibility index (Phi) is 5.53. The molecule has 1 aromatic carbocycles. The SMILES string of the molecule is Cc1ccc(CNc2ncc(C(=O)N3CCCCC3)cc2Cl)cc1F. The van der Waals surface area contributed by atoms with Gasteiger partial charge < -0.3 is 10.2 Å². The lowest BCUT2D eigenvalue weighted by Crippen LogP contribution is -2.35. The Labute approximate surface area is 152 Å². The van der Waals surface area contributed by atoms with Crippen molar-refractivity contribution in [3.05, 3.63) is 58.0 Å². The van der Waals surface area contributed by atoms with Crippen molar-refractivity contribution < 1.29 is 9.18 Å². The molecule has 1 aromatic heterocycles. The number of anilines is 1. The lowest BCUT2D eigenvalue weighted by atomic mass is 10.1. The quantitative estimate of drug-likeness (QED) is 0.876. The summed E-state index contributed by atoms with van der Waals surface area (Å²) in [4.78, 5) is 18.6. The molecule has 132 valence electrons. The second-order valence-electron chi connectivity index (χ2n) is 6.34. The number of carbonyl (C=O) groups is 1. The number of nitrogens with zero attached hydrogens (tertiary/aromatic N) is 2. The largest absolute Gasteiger partial charge is 0.365 e. The highest BCUT2D eigenvalue weighted by Gasteiger charge is 2.19. The fourth-order valence-electron chi connectivity index (χ4n) is 2.90. The summed E-state index contributed by atoms with van der Waals surface area (Å²) in [6.45, 7) is 3.71. The molecule has 1 saturated heterocycles. The van der Waals surface area contributed by atoms with Crippen LogP contribution in [-0.4, -0.2) is 28.9 Å². The Morgan fingerprint density at radius 2 is 2.04 bits per heavy atom. The first-order valence-corrected chi connectivity index (χ1v) is 8.86. The fraction of sp³-hybridized carbons (Fsp3) is 0.368. The van der Waals surface area contributed by atoms with E-state index in [1.807, 2.05) is 11.0 Å². The number of aromatic nitrogens is 1. The first-order valence-electron chi connectivity index (χ1n) is 8.48. The maximum absolute atomic E-state index is 13.6. The van der Waals surface area contributed by atoms with E-state index in [1.54, 1.807) is 25.3 Å². The highest BCUT2D eigenvalue weighted by Crippen LogP contribution is 2.23. The maximum atomic E-state index is 13.6. The van der Waals surface area contributed by atoms with E-state index in [9.17, 15) is 9.18 Å². The molecule has 1 amide bonds. The van der Waals surface area contributed by atoms with Crippen molar-refractivity contribution in [1.82, 2.24) is 9.88 Å². The summed E-state index contributed by atoms with van der Waals surface area (Å²) < 4.78 is 13.6. The topological polar surface area (TPSA) is 45.2 Å². The van der Waals surface area contributed by atoms with Gasteiger partial charge >= 0.3 is 0 Å². The van der Waals surface area contributed by atoms with Crippen molar-refractivity contribution >= 4 is 23.3 Å². The van der Waals surface area contributed by atoms with Crippen LogP contribution in [-0.2, 0) is 6.54 Å². The van der Waals surface area contributed by atoms with Gasteiger partial charge in [0.15, 0.2) is 0 Å². The van der Waals surface area contributed by atoms with Gasteiger partial charge in [0.25, 0.3) is 5.91 Å². The van der Waals surface area contributed by atoms with E-state index in [2.05, 4.69) is 10.3 Å². The molecule has 0 bridgehead atoms. The minimum atomic E-state index is -0.235. The number of amides is 1. The number of hydrogen-bond donors (Lipinski definition) is 1. The molecule has 6 heteroatoms. The third kappa shape index (κ3) is 4.28. The minimum Gasteiger partial charge on any atom is -0.365 e. The molecule has 0 radical (unpaired) electrons. The van der Waals surface area contributed by atoms with Crippen LogP contribution in [0, 0.1) is 12.7 Å². The zero-order chi connectivity index (χ0) is 17.8. The van der Waals surface area contributed by atoms with Crippen LogP contribution in [0.5, 0.6) is 0 Å². The van der Waals surface area contributed by atoms with Crippen LogP contribution in [0.4, 0.5) is 10.2 Å². The van der Waals surface area contributed by atoms with Crippen LogP contribution in [0.1, 0.15) is 40.7 Å². The van der Waals surface area contributed by atoms with Crippen molar-refractivity contribution in [2.45, 2.75) is 32.7 Å². The summed E-state index contributed by atoms with van der Waals surface area (Å²) in [6, 6.07) is 6.73. The van der Waals surface area contributed by atoms with Crippen LogP contribution in [0.3, 0.4) is 0 Å². The lowest BCUT2D eigenvalue weighted by Gasteiger charge is -2.26. The van der Waals surface area contributed by atoms with Gasteiger partial charge in [-0.2, -0.15) is 0 Å². The van der Waals surface area contributed by atoms with Gasteiger partial charge in [-0.25, -0.2) is 9.37 Å². The van der Waals surface area contributed by atoms with E-state index in [0.29, 0.717) is 28.5 Å². The highest BCUT2D eigenvalue weighted by molar-refractivity contribution is 6.33. The average Bonchev–Trinajstić information content (AvgIpc) is 2.63. The number of pyridine rings is 1. The molecule has 1 aliphatic rings. The number of carbonyl (C=O) groups excluding carboxylic acids is 1. The number of hydrogen-bond acceptors (Lipinski definition) is 3. The third-order valence-corrected chi connectivity index (χ3v) is 4.72. The highest BCUT2D eigenvalue weighted by atomic mass is 35.5. The van der Waals surface area contributed by atoms with Crippen LogP contribution >= 0.6 is 11.6 Å². The Balaban J connectivity index is 1.67. The van der Waals surface area contributed by atoms with E-state index >= 15 is 0 Å². The molecular formula is C19H21ClFN3O. The first-order chi connectivity index (χ1) is 12.0. The zero-order valence-corrected chi connectivity index (χ0v) is 14.9. The van der Waals surface area contributed by atoms with Gasteiger partial charge in [-0.1, -0.05) is 23.7 Å². The molecule has 0 unspecified atom stereocenters. The van der Waals surface area contributed by atoms with Gasteiger partial charge in [-0.15, -0.1) is 0 Å². The van der Waals surface area contributed by atoms with Gasteiger partial charge in [0.1, 0.15) is 11.6 Å². The van der Waals surface area contributed by atoms with E-state index in [4.69, 9.17) is 11.6 Å². The molecule has 2 aromatic rings. The Hall–Kier alpha value is -2.14. The summed E-state index contributed by atoms with van der Waals surface area (Å²) in [5.74, 6) is 0.222. The van der Waals surface area contributed by atoms with Crippen molar-refractivity contribution in [2.24, 2.45) is 0 Å². The van der Waals surface area contributed by atoms with Gasteiger partial charge in [0, 0.05) is 25.8 Å². The molecular weight excluding hydrogens is 341 g/mol. The smallest absolute Gasteiger partial charge is 0.255 e. The van der Waals surface area contributed by atoms with Crippen LogP contribution in [0.15, 0.2) is 30.5 Å². The van der Waals surface area contributed by atoms with Gasteiger partial charge in [0.05, 0.1) is 10.6 Å². The number of rotatable bonds is 4. The predicted molar refractivity (Wildman–Crippen MR) is 97.5 cm³/mol. The Morgan fingerprint density at radius 1 is 1.28 bits per heavy atom. The zero-order valence-electron chi connectivity index (χ0n) is 14.2. The summed E-state index contributed by atoms with van der Waals surface area (Å²) in [6.07, 6.45) is 4.80. The molecule has 0 aliphatic carbocycles. The van der Waals surface area contributed by atoms with Gasteiger partial charge in [0.2, 0.25) is 0 Å². The van der Waals surface area contributed by atoms with Gasteiger partial charge in [-0.05, 0) is 49.4 Å². The van der Waals surface area contributed by atoms with E-state index in [-0.39, 0.29) is 11.7 Å². The lowest BCUT2D eigenvalue weighted by molar-refractivity contribution is 0.0724. The fourth-order valence-corrected chi connectivity index (χ4v) is 3.13. The first kappa shape index (κ1) is 17.7. The molecule has 0 saturated carbocycles. The minimum absolute atomic E-state index is 0.0266. The van der Waals surface area contributed by atoms with Crippen molar-refractivity contribution in [3.63, 3.8) is 0 Å². The molecule has 0 spiro atoms. The summed E-state index contributed by atoms with van der Waals surface area (Å²) >= 11 is 6.27. The third-order valence-electron chi connectivity index (χ3n) is 4.43. The number of halogens is 2. The second kappa shape index (κ2) is 7.83. The predicted octanol–water partition coefficient (Wildman–Crippen LogP) is 4.42. The summed E-state index contributed by atoms with van der Waals surface area (Å²) in [5, 5.41) is 3.47. The number of likely N-dealkylation sites (tertiary alicyclic amines) is 1. The molecule has 1 aliphatic heterocycles. The number of piperidine rings is 1. The second-order valence-corrected chi connectivity index (χ2v) is 6.75. The van der Waals surface area contributed by atoms with Crippen molar-refractivity contribution in [3.8, 4) is 0 Å². The molecule has 1 fully saturated rings. The van der Waals surface area contributed by atoms with Gasteiger partial charge in [-0.3, -0.25) is 4.79 Å². The summed E-state index contributed by atoms with van der Waals surface area (Å²) in [5.41, 5.74) is 1.91. The standard InChI is InChI=1S/C19H21ClFN3O/c1-13-5-6-14(9-17(13)21)11-22-18-16(20)10-15(12-23-18)19(25)24-7-3-2-4-8-24/h5-6,9-10,12H,2-4,7-8,11H2,1H3,(H,22,23). The van der Waals surface area contributed by atoms with E-state index in [0.717, 1.165) is 31.5 Å². The van der Waals surface area contributed by atoms with E-state index in [1.165, 1.54) is 12.5 Å². The Bertz CT molecular complexity index is 775. The monoisotopic (exact) mass is 361 g/mol. The van der Waals surface area contributed by atoms with Crippen LogP contribution in [0.25, 0.3) is 0 Å². The van der Waals surface area contributed by atoms with E-state index < -0.39 is 0 Å². The molecule has 3 rings (SSSR count). The number of benzene rings is 1. The molecule has 1 N–H and O–H groups in total. The molecule has 2 heterocycles. The van der Waals surface area contributed by atoms with Crippen LogP contribution < -0.4 is 5.32 Å². The maximum Gasteiger partial charge on any atom is 0.255 e. The molecule has 4 nitrogen and oxygen atoms in total. The Morgan fingerprint density at radius 3 is 2.72 bits per heavy atom. The normalized spacial score (nSPS) is 14.4. The summed E-state index contributed by atoms with van der Waals surface area (Å²) in [7, 11) is 0. The number of aryl methyl sites for hydroxylation is 1. The number of nitrogens with one attached hydrogen (secondary N) is 1.